The zero-order chi connectivity index (χ0) is 17.6. The molecule has 2 amide bonds. The van der Waals surface area contributed by atoms with Crippen molar-refractivity contribution in [3.8, 4) is 5.75 Å². The standard InChI is InChI=1S/C19H24N4O2.2ClH/c1-14-5-6-16(10-15(14)2)22-19(24)23-9-8-21-11-17(23)13-25-18-4-3-7-20-12-18;;/h3-7,10,12,17,21H,8-9,11,13H2,1-2H3,(H,22,24);2*1H. The van der Waals surface area contributed by atoms with E-state index in [1.165, 1.54) is 5.56 Å². The van der Waals surface area contributed by atoms with Gasteiger partial charge in [-0.3, -0.25) is 4.98 Å². The van der Waals surface area contributed by atoms with Crippen LogP contribution in [-0.2, 0) is 0 Å². The van der Waals surface area contributed by atoms with E-state index in [4.69, 9.17) is 4.74 Å². The van der Waals surface area contributed by atoms with Crippen molar-refractivity contribution in [1.82, 2.24) is 15.2 Å². The van der Waals surface area contributed by atoms with E-state index in [0.29, 0.717) is 25.4 Å². The second-order valence-corrected chi connectivity index (χ2v) is 6.28. The molecule has 1 atom stereocenters. The van der Waals surface area contributed by atoms with Gasteiger partial charge in [-0.2, -0.15) is 0 Å². The molecule has 0 saturated carbocycles. The molecular formula is C19H26Cl2N4O2. The molecule has 0 spiro atoms. The SMILES string of the molecule is Cc1ccc(NC(=O)N2CCNCC2COc2cccnc2)cc1C.Cl.Cl. The van der Waals surface area contributed by atoms with E-state index in [9.17, 15) is 4.79 Å². The van der Waals surface area contributed by atoms with Crippen LogP contribution in [-0.4, -0.2) is 48.2 Å². The zero-order valence-electron chi connectivity index (χ0n) is 15.5. The molecule has 2 N–H and O–H groups in total. The van der Waals surface area contributed by atoms with Crippen molar-refractivity contribution >= 4 is 36.5 Å². The molecule has 0 bridgehead atoms. The molecule has 2 heterocycles. The summed E-state index contributed by atoms with van der Waals surface area (Å²) in [4.78, 5) is 18.6. The molecule has 3 rings (SSSR count). The van der Waals surface area contributed by atoms with Crippen LogP contribution in [0.4, 0.5) is 10.5 Å². The Morgan fingerprint density at radius 2 is 2.11 bits per heavy atom. The first-order valence-corrected chi connectivity index (χ1v) is 8.52. The van der Waals surface area contributed by atoms with Gasteiger partial charge < -0.3 is 20.3 Å². The van der Waals surface area contributed by atoms with Crippen LogP contribution in [0.1, 0.15) is 11.1 Å². The molecule has 0 radical (unpaired) electrons. The first-order chi connectivity index (χ1) is 12.1. The number of aromatic nitrogens is 1. The van der Waals surface area contributed by atoms with Crippen LogP contribution >= 0.6 is 24.8 Å². The Labute approximate surface area is 172 Å². The van der Waals surface area contributed by atoms with Gasteiger partial charge in [-0.25, -0.2) is 4.79 Å². The van der Waals surface area contributed by atoms with Gasteiger partial charge in [-0.1, -0.05) is 6.07 Å². The Morgan fingerprint density at radius 3 is 2.81 bits per heavy atom. The highest BCUT2D eigenvalue weighted by Crippen LogP contribution is 2.16. The molecule has 1 saturated heterocycles. The predicted octanol–water partition coefficient (Wildman–Crippen LogP) is 3.43. The van der Waals surface area contributed by atoms with E-state index in [-0.39, 0.29) is 36.9 Å². The molecule has 0 aliphatic carbocycles. The van der Waals surface area contributed by atoms with Gasteiger partial charge in [0.05, 0.1) is 12.2 Å². The number of carbonyl (C=O) groups excluding carboxylic acids is 1. The number of anilines is 1. The second kappa shape index (κ2) is 11.0. The smallest absolute Gasteiger partial charge is 0.322 e. The number of hydrogen-bond donors (Lipinski definition) is 2. The Hall–Kier alpha value is -2.02. The second-order valence-electron chi connectivity index (χ2n) is 6.28. The lowest BCUT2D eigenvalue weighted by molar-refractivity contribution is 0.133. The predicted molar refractivity (Wildman–Crippen MR) is 113 cm³/mol. The van der Waals surface area contributed by atoms with Gasteiger partial charge in [0.15, 0.2) is 0 Å². The minimum absolute atomic E-state index is 0. The van der Waals surface area contributed by atoms with Crippen molar-refractivity contribution < 1.29 is 9.53 Å². The van der Waals surface area contributed by atoms with Crippen LogP contribution in [0.15, 0.2) is 42.7 Å². The van der Waals surface area contributed by atoms with E-state index >= 15 is 0 Å². The number of carbonyl (C=O) groups is 1. The zero-order valence-corrected chi connectivity index (χ0v) is 17.1. The number of rotatable bonds is 4. The summed E-state index contributed by atoms with van der Waals surface area (Å²) in [5, 5.41) is 6.32. The lowest BCUT2D eigenvalue weighted by Gasteiger charge is -2.36. The number of nitrogens with zero attached hydrogens (tertiary/aromatic N) is 2. The molecule has 27 heavy (non-hydrogen) atoms. The highest BCUT2D eigenvalue weighted by atomic mass is 35.5. The summed E-state index contributed by atoms with van der Waals surface area (Å²) in [7, 11) is 0. The quantitative estimate of drug-likeness (QED) is 0.806. The highest BCUT2D eigenvalue weighted by Gasteiger charge is 2.27. The first-order valence-electron chi connectivity index (χ1n) is 8.52. The topological polar surface area (TPSA) is 66.5 Å². The molecule has 1 aliphatic rings. The third-order valence-electron chi connectivity index (χ3n) is 4.45. The maximum absolute atomic E-state index is 12.7. The van der Waals surface area contributed by atoms with Gasteiger partial charge >= 0.3 is 6.03 Å². The minimum atomic E-state index is -0.0930. The fourth-order valence-corrected chi connectivity index (χ4v) is 2.82. The third kappa shape index (κ3) is 6.27. The third-order valence-corrected chi connectivity index (χ3v) is 4.45. The van der Waals surface area contributed by atoms with Gasteiger partial charge in [-0.15, -0.1) is 24.8 Å². The van der Waals surface area contributed by atoms with E-state index in [1.807, 2.05) is 42.2 Å². The Kier molecular flexibility index (Phi) is 9.35. The minimum Gasteiger partial charge on any atom is -0.490 e. The molecular weight excluding hydrogens is 387 g/mol. The maximum atomic E-state index is 12.7. The molecule has 1 fully saturated rings. The van der Waals surface area contributed by atoms with Crippen LogP contribution < -0.4 is 15.4 Å². The average Bonchev–Trinajstić information content (AvgIpc) is 2.64. The van der Waals surface area contributed by atoms with Crippen molar-refractivity contribution in [3.63, 3.8) is 0 Å². The van der Waals surface area contributed by atoms with Crippen molar-refractivity contribution in [1.29, 1.82) is 0 Å². The van der Waals surface area contributed by atoms with Gasteiger partial charge in [0.1, 0.15) is 12.4 Å². The van der Waals surface area contributed by atoms with E-state index < -0.39 is 0 Å². The lowest BCUT2D eigenvalue weighted by Crippen LogP contribution is -2.57. The largest absolute Gasteiger partial charge is 0.490 e. The fourth-order valence-electron chi connectivity index (χ4n) is 2.82. The first kappa shape index (κ1) is 23.0. The number of pyridine rings is 1. The van der Waals surface area contributed by atoms with E-state index in [2.05, 4.69) is 22.5 Å². The van der Waals surface area contributed by atoms with Crippen molar-refractivity contribution in [3.05, 3.63) is 53.9 Å². The van der Waals surface area contributed by atoms with Crippen LogP contribution in [0.25, 0.3) is 0 Å². The van der Waals surface area contributed by atoms with Gasteiger partial charge in [0.25, 0.3) is 0 Å². The van der Waals surface area contributed by atoms with Crippen molar-refractivity contribution in [2.45, 2.75) is 19.9 Å². The van der Waals surface area contributed by atoms with Crippen molar-refractivity contribution in [2.75, 3.05) is 31.6 Å². The molecule has 1 unspecified atom stereocenters. The number of hydrogen-bond acceptors (Lipinski definition) is 4. The van der Waals surface area contributed by atoms with Crippen LogP contribution in [0.2, 0.25) is 0 Å². The summed E-state index contributed by atoms with van der Waals surface area (Å²) in [6.07, 6.45) is 3.38. The molecule has 2 aromatic rings. The number of urea groups is 1. The molecule has 1 aromatic heterocycles. The van der Waals surface area contributed by atoms with Gasteiger partial charge in [0.2, 0.25) is 0 Å². The molecule has 6 nitrogen and oxygen atoms in total. The maximum Gasteiger partial charge on any atom is 0.322 e. The summed E-state index contributed by atoms with van der Waals surface area (Å²) in [6, 6.07) is 9.53. The van der Waals surface area contributed by atoms with E-state index in [1.54, 1.807) is 12.4 Å². The van der Waals surface area contributed by atoms with Crippen molar-refractivity contribution in [2.24, 2.45) is 0 Å². The Morgan fingerprint density at radius 1 is 1.30 bits per heavy atom. The summed E-state index contributed by atoms with van der Waals surface area (Å²) >= 11 is 0. The number of halogens is 2. The summed E-state index contributed by atoms with van der Waals surface area (Å²) < 4.78 is 5.79. The lowest BCUT2D eigenvalue weighted by atomic mass is 10.1. The molecule has 8 heteroatoms. The Bertz CT molecular complexity index is 731. The summed E-state index contributed by atoms with van der Waals surface area (Å²) in [5.41, 5.74) is 3.19. The highest BCUT2D eigenvalue weighted by molar-refractivity contribution is 5.89. The molecule has 1 aliphatic heterocycles. The summed E-state index contributed by atoms with van der Waals surface area (Å²) in [5.74, 6) is 0.711. The number of aryl methyl sites for hydroxylation is 2. The number of benzene rings is 1. The van der Waals surface area contributed by atoms with Gasteiger partial charge in [-0.05, 0) is 49.2 Å². The monoisotopic (exact) mass is 412 g/mol. The van der Waals surface area contributed by atoms with Crippen LogP contribution in [0.5, 0.6) is 5.75 Å². The summed E-state index contributed by atoms with van der Waals surface area (Å²) in [6.45, 7) is 6.67. The molecule has 1 aromatic carbocycles. The number of ether oxygens (including phenoxy) is 1. The van der Waals surface area contributed by atoms with Crippen LogP contribution in [0, 0.1) is 13.8 Å². The Balaban J connectivity index is 0.00000182. The number of amides is 2. The molecule has 148 valence electrons. The normalized spacial score (nSPS) is 15.9. The van der Waals surface area contributed by atoms with E-state index in [0.717, 1.165) is 17.8 Å². The average molecular weight is 413 g/mol. The number of nitrogens with one attached hydrogen (secondary N) is 2. The van der Waals surface area contributed by atoms with Gasteiger partial charge in [0, 0.05) is 31.5 Å². The number of piperazine rings is 1. The van der Waals surface area contributed by atoms with Crippen LogP contribution in [0.3, 0.4) is 0 Å². The fraction of sp³-hybridized carbons (Fsp3) is 0.368.